The quantitative estimate of drug-likeness (QED) is 0.125. The normalized spacial score (nSPS) is 10.7. The number of hydrogen-bond donors (Lipinski definition) is 0. The Balaban J connectivity index is 0.000000153. The van der Waals surface area contributed by atoms with Crippen molar-refractivity contribution in [2.24, 2.45) is 0 Å². The van der Waals surface area contributed by atoms with E-state index < -0.39 is 0 Å². The summed E-state index contributed by atoms with van der Waals surface area (Å²) in [6.45, 7) is 3.06. The zero-order chi connectivity index (χ0) is 31.0. The van der Waals surface area contributed by atoms with Crippen molar-refractivity contribution >= 4 is 72.0 Å². The molecule has 10 aromatic rings. The smallest absolute Gasteiger partial charge is 0.0443 e. The molecular weight excluding hydrogens is 676 g/mol. The van der Waals surface area contributed by atoms with Crippen LogP contribution in [0.1, 0.15) is 0 Å². The fourth-order valence-corrected chi connectivity index (χ4v) is 7.06. The van der Waals surface area contributed by atoms with Crippen molar-refractivity contribution < 1.29 is 23.3 Å². The van der Waals surface area contributed by atoms with Crippen LogP contribution in [0.15, 0.2) is 170 Å². The third-order valence-corrected chi connectivity index (χ3v) is 8.90. The van der Waals surface area contributed by atoms with Gasteiger partial charge in [0, 0.05) is 22.4 Å². The Morgan fingerprint density at radius 1 is 0.375 bits per heavy atom. The minimum atomic E-state index is 0. The third-order valence-electron chi connectivity index (χ3n) is 8.90. The number of para-hydroxylation sites is 4. The molecule has 2 radical (unpaired) electrons. The molecule has 0 spiro atoms. The van der Waals surface area contributed by atoms with E-state index in [0.29, 0.717) is 0 Å². The van der Waals surface area contributed by atoms with Gasteiger partial charge in [0.1, 0.15) is 0 Å². The summed E-state index contributed by atoms with van der Waals surface area (Å²) in [7, 11) is 0. The molecule has 2 aromatic heterocycles. The molecule has 8 aromatic carbocycles. The van der Waals surface area contributed by atoms with Crippen LogP contribution in [0, 0.1) is 14.9 Å². The summed E-state index contributed by atoms with van der Waals surface area (Å²) in [5.41, 5.74) is 7.53. The fraction of sp³-hybridized carbons (Fsp3) is 0. The SMILES string of the molecule is [CH3-].[CH3-].[Si]=[Zr].c1ccc(-n2c3ccccc3c3c4ccccc4[cH-]c32)cc1.c1ccc(-n2c3ccccc3c3c4ccccc4[cH-]c32)cc1. The molecule has 0 N–H and O–H groups in total. The molecule has 4 heteroatoms. The summed E-state index contributed by atoms with van der Waals surface area (Å²) in [5, 5.41) is 10.6. The summed E-state index contributed by atoms with van der Waals surface area (Å²) < 4.78 is 4.73. The van der Waals surface area contributed by atoms with Gasteiger partial charge in [0.2, 0.25) is 0 Å². The van der Waals surface area contributed by atoms with Gasteiger partial charge in [-0.05, 0) is 58.2 Å². The number of nitrogens with zero attached hydrogens (tertiary/aromatic N) is 2. The number of rotatable bonds is 2. The van der Waals surface area contributed by atoms with Gasteiger partial charge < -0.3 is 24.0 Å². The van der Waals surface area contributed by atoms with Crippen molar-refractivity contribution in [3.8, 4) is 11.4 Å². The molecule has 10 rings (SSSR count). The predicted octanol–water partition coefficient (Wildman–Crippen LogP) is 11.8. The Morgan fingerprint density at radius 3 is 1.08 bits per heavy atom. The van der Waals surface area contributed by atoms with Crippen LogP contribution < -0.4 is 0 Å². The zero-order valence-corrected chi connectivity index (χ0v) is 30.5. The van der Waals surface area contributed by atoms with Crippen LogP contribution in [0.4, 0.5) is 0 Å². The molecular formula is C44H34N2SiZr-4. The topological polar surface area (TPSA) is 9.86 Å². The minimum absolute atomic E-state index is 0. The third kappa shape index (κ3) is 5.40. The standard InChI is InChI=1S/2C21H14N.2CH3.Si.Zr/c2*1-2-9-16(10-3-1)22-19-13-7-6-12-18(19)21-17-11-5-4-8-15(17)14-20(21)22;;;;/h2*1-14H;2*1H3;;/q4*-1;;. The Morgan fingerprint density at radius 2 is 0.688 bits per heavy atom. The van der Waals surface area contributed by atoms with Crippen molar-refractivity contribution in [1.29, 1.82) is 0 Å². The van der Waals surface area contributed by atoms with E-state index in [4.69, 9.17) is 0 Å². The molecule has 0 fully saturated rings. The Kier molecular flexibility index (Phi) is 9.78. The van der Waals surface area contributed by atoms with Crippen molar-refractivity contribution in [3.05, 3.63) is 185 Å². The maximum Gasteiger partial charge on any atom is 0.0443 e. The molecule has 0 saturated heterocycles. The number of fused-ring (bicyclic) bond motifs is 10. The minimum Gasteiger partial charge on any atom is -0.328 e. The molecule has 0 bridgehead atoms. The molecule has 0 unspecified atom stereocenters. The molecule has 0 atom stereocenters. The van der Waals surface area contributed by atoms with Gasteiger partial charge in [-0.25, -0.2) is 0 Å². The molecule has 2 heterocycles. The molecule has 48 heavy (non-hydrogen) atoms. The number of hydrogen-bond acceptors (Lipinski definition) is 0. The van der Waals surface area contributed by atoms with Crippen molar-refractivity contribution in [2.45, 2.75) is 0 Å². The van der Waals surface area contributed by atoms with E-state index in [-0.39, 0.29) is 14.9 Å². The average molecular weight is 710 g/mol. The van der Waals surface area contributed by atoms with Crippen molar-refractivity contribution in [3.63, 3.8) is 0 Å². The number of aromatic nitrogens is 2. The van der Waals surface area contributed by atoms with Gasteiger partial charge in [-0.1, -0.05) is 95.7 Å². The van der Waals surface area contributed by atoms with E-state index in [1.165, 1.54) is 99.9 Å². The zero-order valence-electron chi connectivity index (χ0n) is 27.1. The van der Waals surface area contributed by atoms with Crippen molar-refractivity contribution in [2.75, 3.05) is 0 Å². The van der Waals surface area contributed by atoms with Gasteiger partial charge in [-0.3, -0.25) is 0 Å². The molecule has 0 amide bonds. The van der Waals surface area contributed by atoms with Crippen molar-refractivity contribution in [1.82, 2.24) is 9.13 Å². The van der Waals surface area contributed by atoms with Crippen LogP contribution in [0.5, 0.6) is 0 Å². The van der Waals surface area contributed by atoms with E-state index in [9.17, 15) is 0 Å². The molecule has 0 aliphatic carbocycles. The van der Waals surface area contributed by atoms with Crippen LogP contribution in [-0.4, -0.2) is 16.0 Å². The molecule has 0 aliphatic heterocycles. The average Bonchev–Trinajstić information content (AvgIpc) is 3.86. The van der Waals surface area contributed by atoms with Crippen LogP contribution in [0.25, 0.3) is 76.5 Å². The van der Waals surface area contributed by atoms with E-state index in [2.05, 4.69) is 186 Å². The number of benzene rings is 6. The maximum absolute atomic E-state index is 3.06. The van der Waals surface area contributed by atoms with E-state index in [1.54, 1.807) is 0 Å². The molecule has 0 aliphatic rings. The van der Waals surface area contributed by atoms with Gasteiger partial charge in [0.25, 0.3) is 0 Å². The second kappa shape index (κ2) is 14.2. The van der Waals surface area contributed by atoms with Crippen LogP contribution in [-0.2, 0) is 23.3 Å². The van der Waals surface area contributed by atoms with Gasteiger partial charge >= 0.3 is 30.2 Å². The first-order valence-electron chi connectivity index (χ1n) is 15.4. The maximum atomic E-state index is 3.06. The first-order chi connectivity index (χ1) is 22.9. The summed E-state index contributed by atoms with van der Waals surface area (Å²) in [6, 6.07) is 60.4. The summed E-state index contributed by atoms with van der Waals surface area (Å²) >= 11 is 1.36. The summed E-state index contributed by atoms with van der Waals surface area (Å²) in [4.78, 5) is 0. The monoisotopic (exact) mass is 708 g/mol. The molecule has 0 saturated carbocycles. The van der Waals surface area contributed by atoms with Gasteiger partial charge in [-0.15, -0.1) is 70.1 Å². The predicted molar refractivity (Wildman–Crippen MR) is 206 cm³/mol. The van der Waals surface area contributed by atoms with Gasteiger partial charge in [-0.2, -0.15) is 0 Å². The van der Waals surface area contributed by atoms with Crippen LogP contribution in [0.2, 0.25) is 0 Å². The molecule has 2 nitrogen and oxygen atoms in total. The Bertz CT molecular complexity index is 2440. The second-order valence-electron chi connectivity index (χ2n) is 11.4. The van der Waals surface area contributed by atoms with E-state index in [0.717, 1.165) is 0 Å². The fourth-order valence-electron chi connectivity index (χ4n) is 7.06. The van der Waals surface area contributed by atoms with Gasteiger partial charge in [0.05, 0.1) is 0 Å². The largest absolute Gasteiger partial charge is 0.328 e. The van der Waals surface area contributed by atoms with E-state index >= 15 is 0 Å². The molecule has 232 valence electrons. The first kappa shape index (κ1) is 33.2. The van der Waals surface area contributed by atoms with E-state index in [1.807, 2.05) is 0 Å². The van der Waals surface area contributed by atoms with Crippen LogP contribution >= 0.6 is 0 Å². The Hall–Kier alpha value is -4.76. The second-order valence-corrected chi connectivity index (χ2v) is 11.4. The summed E-state index contributed by atoms with van der Waals surface area (Å²) in [6.07, 6.45) is 0. The Labute approximate surface area is 298 Å². The first-order valence-corrected chi connectivity index (χ1v) is 19.6. The van der Waals surface area contributed by atoms with Gasteiger partial charge in [0.15, 0.2) is 0 Å². The summed E-state index contributed by atoms with van der Waals surface area (Å²) in [5.74, 6) is 0. The van der Waals surface area contributed by atoms with Crippen LogP contribution in [0.3, 0.4) is 0 Å².